The van der Waals surface area contributed by atoms with Crippen LogP contribution in [0.5, 0.6) is 0 Å². The van der Waals surface area contributed by atoms with Gasteiger partial charge in [-0.1, -0.05) is 6.07 Å². The van der Waals surface area contributed by atoms with E-state index in [-0.39, 0.29) is 12.0 Å². The molecule has 1 heterocycles. The molecule has 1 rings (SSSR count). The number of carbonyl (C=O) groups is 1. The molecule has 3 N–H and O–H groups in total. The first-order valence-electron chi connectivity index (χ1n) is 4.67. The molecule has 0 aromatic carbocycles. The minimum atomic E-state index is -0.244. The average molecular weight is 209 g/mol. The first-order chi connectivity index (χ1) is 7.13. The molecule has 0 aliphatic heterocycles. The third-order valence-electron chi connectivity index (χ3n) is 1.96. The van der Waals surface area contributed by atoms with Gasteiger partial charge in [0.1, 0.15) is 11.5 Å². The second-order valence-corrected chi connectivity index (χ2v) is 3.20. The predicted octanol–water partition coefficient (Wildman–Crippen LogP) is 0.429. The molecule has 15 heavy (non-hydrogen) atoms. The molecule has 1 atom stereocenters. The maximum Gasteiger partial charge on any atom is 0.270 e. The van der Waals surface area contributed by atoms with Gasteiger partial charge in [-0.3, -0.25) is 4.79 Å². The lowest BCUT2D eigenvalue weighted by Crippen LogP contribution is -2.32. The number of nitrogen functional groups attached to an aromatic ring is 1. The Bertz CT molecular complexity index is 341. The van der Waals surface area contributed by atoms with Gasteiger partial charge in [-0.05, 0) is 19.1 Å². The zero-order valence-corrected chi connectivity index (χ0v) is 8.86. The van der Waals surface area contributed by atoms with E-state index < -0.39 is 0 Å². The zero-order valence-electron chi connectivity index (χ0n) is 8.86. The summed E-state index contributed by atoms with van der Waals surface area (Å²) in [4.78, 5) is 15.4. The highest BCUT2D eigenvalue weighted by atomic mass is 16.5. The van der Waals surface area contributed by atoms with E-state index in [0.717, 1.165) is 0 Å². The summed E-state index contributed by atoms with van der Waals surface area (Å²) in [6, 6.07) is 4.94. The number of ether oxygens (including phenoxy) is 1. The molecule has 1 aromatic rings. The SMILES string of the molecule is COC(C)CNC(=O)c1cccc(N)n1. The van der Waals surface area contributed by atoms with Crippen molar-refractivity contribution in [3.8, 4) is 0 Å². The number of anilines is 1. The number of rotatable bonds is 4. The lowest BCUT2D eigenvalue weighted by atomic mass is 10.3. The number of amides is 1. The smallest absolute Gasteiger partial charge is 0.270 e. The molecule has 1 aromatic heterocycles. The second-order valence-electron chi connectivity index (χ2n) is 3.20. The van der Waals surface area contributed by atoms with Crippen molar-refractivity contribution >= 4 is 11.7 Å². The van der Waals surface area contributed by atoms with Crippen LogP contribution in [0.4, 0.5) is 5.82 Å². The molecule has 5 nitrogen and oxygen atoms in total. The third kappa shape index (κ3) is 3.55. The van der Waals surface area contributed by atoms with Crippen molar-refractivity contribution in [3.63, 3.8) is 0 Å². The van der Waals surface area contributed by atoms with Crippen LogP contribution in [-0.4, -0.2) is 30.6 Å². The van der Waals surface area contributed by atoms with Gasteiger partial charge in [0.05, 0.1) is 6.10 Å². The van der Waals surface area contributed by atoms with Crippen molar-refractivity contribution < 1.29 is 9.53 Å². The van der Waals surface area contributed by atoms with Crippen molar-refractivity contribution in [1.82, 2.24) is 10.3 Å². The van der Waals surface area contributed by atoms with E-state index in [0.29, 0.717) is 18.1 Å². The molecule has 1 unspecified atom stereocenters. The largest absolute Gasteiger partial charge is 0.384 e. The van der Waals surface area contributed by atoms with E-state index >= 15 is 0 Å². The Morgan fingerprint density at radius 3 is 3.00 bits per heavy atom. The van der Waals surface area contributed by atoms with Crippen LogP contribution >= 0.6 is 0 Å². The summed E-state index contributed by atoms with van der Waals surface area (Å²) >= 11 is 0. The van der Waals surface area contributed by atoms with Gasteiger partial charge in [0.25, 0.3) is 5.91 Å². The van der Waals surface area contributed by atoms with Crippen LogP contribution in [-0.2, 0) is 4.74 Å². The Morgan fingerprint density at radius 2 is 2.40 bits per heavy atom. The Kier molecular flexibility index (Phi) is 4.05. The van der Waals surface area contributed by atoms with Crippen molar-refractivity contribution in [3.05, 3.63) is 23.9 Å². The fourth-order valence-corrected chi connectivity index (χ4v) is 0.988. The quantitative estimate of drug-likeness (QED) is 0.753. The number of nitrogens with zero attached hydrogens (tertiary/aromatic N) is 1. The fraction of sp³-hybridized carbons (Fsp3) is 0.400. The van der Waals surface area contributed by atoms with Gasteiger partial charge in [-0.2, -0.15) is 0 Å². The van der Waals surface area contributed by atoms with Gasteiger partial charge >= 0.3 is 0 Å². The lowest BCUT2D eigenvalue weighted by Gasteiger charge is -2.10. The molecule has 1 amide bonds. The summed E-state index contributed by atoms with van der Waals surface area (Å²) < 4.78 is 5.00. The summed E-state index contributed by atoms with van der Waals surface area (Å²) in [7, 11) is 1.59. The second kappa shape index (κ2) is 5.31. The van der Waals surface area contributed by atoms with E-state index in [1.165, 1.54) is 0 Å². The standard InChI is InChI=1S/C10H15N3O2/c1-7(15-2)6-12-10(14)8-4-3-5-9(11)13-8/h3-5,7H,6H2,1-2H3,(H2,11,13)(H,12,14). The van der Waals surface area contributed by atoms with Crippen LogP contribution in [0.1, 0.15) is 17.4 Å². The topological polar surface area (TPSA) is 77.2 Å². The van der Waals surface area contributed by atoms with Crippen LogP contribution in [0, 0.1) is 0 Å². The minimum Gasteiger partial charge on any atom is -0.384 e. The van der Waals surface area contributed by atoms with Crippen molar-refractivity contribution in [2.24, 2.45) is 0 Å². The van der Waals surface area contributed by atoms with Crippen LogP contribution in [0.3, 0.4) is 0 Å². The van der Waals surface area contributed by atoms with Crippen LogP contribution in [0.15, 0.2) is 18.2 Å². The monoisotopic (exact) mass is 209 g/mol. The van der Waals surface area contributed by atoms with Crippen LogP contribution in [0.25, 0.3) is 0 Å². The summed E-state index contributed by atoms with van der Waals surface area (Å²) in [5.41, 5.74) is 5.78. The fourth-order valence-electron chi connectivity index (χ4n) is 0.988. The normalized spacial score (nSPS) is 12.1. The minimum absolute atomic E-state index is 0.0185. The Morgan fingerprint density at radius 1 is 1.67 bits per heavy atom. The maximum atomic E-state index is 11.5. The molecule has 82 valence electrons. The molecule has 0 bridgehead atoms. The number of nitrogens with one attached hydrogen (secondary N) is 1. The maximum absolute atomic E-state index is 11.5. The van der Waals surface area contributed by atoms with Crippen molar-refractivity contribution in [2.45, 2.75) is 13.0 Å². The average Bonchev–Trinajstić information content (AvgIpc) is 2.25. The molecule has 0 spiro atoms. The third-order valence-corrected chi connectivity index (χ3v) is 1.96. The molecule has 0 radical (unpaired) electrons. The van der Waals surface area contributed by atoms with E-state index in [4.69, 9.17) is 10.5 Å². The molecule has 5 heteroatoms. The molecule has 0 aliphatic carbocycles. The Balaban J connectivity index is 2.54. The van der Waals surface area contributed by atoms with Gasteiger partial charge in [0.2, 0.25) is 0 Å². The van der Waals surface area contributed by atoms with Crippen LogP contribution in [0.2, 0.25) is 0 Å². The number of carbonyl (C=O) groups excluding carboxylic acids is 1. The summed E-state index contributed by atoms with van der Waals surface area (Å²) in [6.45, 7) is 2.32. The molecule has 0 aliphatic rings. The number of pyridine rings is 1. The molecule has 0 saturated heterocycles. The van der Waals surface area contributed by atoms with Gasteiger partial charge in [0.15, 0.2) is 0 Å². The van der Waals surface area contributed by atoms with Gasteiger partial charge < -0.3 is 15.8 Å². The Labute approximate surface area is 88.6 Å². The first kappa shape index (κ1) is 11.5. The van der Waals surface area contributed by atoms with Crippen LogP contribution < -0.4 is 11.1 Å². The summed E-state index contributed by atoms with van der Waals surface area (Å²) in [5.74, 6) is 0.0913. The summed E-state index contributed by atoms with van der Waals surface area (Å²) in [5, 5.41) is 2.69. The molecule has 0 saturated carbocycles. The lowest BCUT2D eigenvalue weighted by molar-refractivity contribution is 0.0866. The van der Waals surface area contributed by atoms with E-state index in [2.05, 4.69) is 10.3 Å². The highest BCUT2D eigenvalue weighted by Gasteiger charge is 2.08. The van der Waals surface area contributed by atoms with Gasteiger partial charge in [0, 0.05) is 13.7 Å². The van der Waals surface area contributed by atoms with Crippen molar-refractivity contribution in [1.29, 1.82) is 0 Å². The highest BCUT2D eigenvalue weighted by molar-refractivity contribution is 5.92. The van der Waals surface area contributed by atoms with Gasteiger partial charge in [-0.25, -0.2) is 4.98 Å². The molecule has 0 fully saturated rings. The molecular formula is C10H15N3O2. The highest BCUT2D eigenvalue weighted by Crippen LogP contribution is 2.00. The predicted molar refractivity (Wildman–Crippen MR) is 57.5 cm³/mol. The van der Waals surface area contributed by atoms with E-state index in [9.17, 15) is 4.79 Å². The van der Waals surface area contributed by atoms with Gasteiger partial charge in [-0.15, -0.1) is 0 Å². The number of aromatic nitrogens is 1. The number of methoxy groups -OCH3 is 1. The number of hydrogen-bond donors (Lipinski definition) is 2. The van der Waals surface area contributed by atoms with E-state index in [1.807, 2.05) is 6.92 Å². The van der Waals surface area contributed by atoms with E-state index in [1.54, 1.807) is 25.3 Å². The summed E-state index contributed by atoms with van der Waals surface area (Å²) in [6.07, 6.45) is -0.0185. The number of hydrogen-bond acceptors (Lipinski definition) is 4. The molecular weight excluding hydrogens is 194 g/mol. The zero-order chi connectivity index (χ0) is 11.3. The van der Waals surface area contributed by atoms with Crippen molar-refractivity contribution in [2.75, 3.05) is 19.4 Å². The Hall–Kier alpha value is -1.62. The first-order valence-corrected chi connectivity index (χ1v) is 4.67. The number of nitrogens with two attached hydrogens (primary N) is 1.